The molecule has 2 heterocycles. The molecule has 0 aliphatic carbocycles. The predicted molar refractivity (Wildman–Crippen MR) is 119 cm³/mol. The maximum atomic E-state index is 14.9. The second-order valence-electron chi connectivity index (χ2n) is 7.56. The standard InChI is InChI=1S/C23H25F2N5O3/c1-14(23(32)33-3)11-27-22(31)18-10-19(25)20(16-12-28-30(2)13-16)29-21(18)26-8-7-15-5-4-6-17(24)9-15/h4-6,9-10,12-14H,7-8,11H2,1-3H3,(H,26,29)(H,27,31)/t14-/m1/s1. The van der Waals surface area contributed by atoms with Crippen LogP contribution >= 0.6 is 0 Å². The molecule has 0 saturated carbocycles. The van der Waals surface area contributed by atoms with Crippen molar-refractivity contribution in [1.82, 2.24) is 20.1 Å². The van der Waals surface area contributed by atoms with Crippen LogP contribution in [0.3, 0.4) is 0 Å². The highest BCUT2D eigenvalue weighted by molar-refractivity contribution is 5.99. The van der Waals surface area contributed by atoms with Crippen LogP contribution in [0.1, 0.15) is 22.8 Å². The first-order chi connectivity index (χ1) is 15.8. The number of methoxy groups -OCH3 is 1. The normalized spacial score (nSPS) is 11.7. The first-order valence-electron chi connectivity index (χ1n) is 10.3. The minimum atomic E-state index is -0.690. The third-order valence-electron chi connectivity index (χ3n) is 4.97. The number of anilines is 1. The van der Waals surface area contributed by atoms with Gasteiger partial charge in [-0.3, -0.25) is 14.3 Å². The zero-order chi connectivity index (χ0) is 24.0. The fraction of sp³-hybridized carbons (Fsp3) is 0.304. The summed E-state index contributed by atoms with van der Waals surface area (Å²) < 4.78 is 34.5. The van der Waals surface area contributed by atoms with E-state index in [0.29, 0.717) is 18.5 Å². The highest BCUT2D eigenvalue weighted by Crippen LogP contribution is 2.25. The van der Waals surface area contributed by atoms with E-state index in [9.17, 15) is 18.4 Å². The Hall–Kier alpha value is -3.82. The molecule has 0 aliphatic heterocycles. The van der Waals surface area contributed by atoms with Crippen LogP contribution in [0.4, 0.5) is 14.6 Å². The Labute approximate surface area is 190 Å². The summed E-state index contributed by atoms with van der Waals surface area (Å²) in [5.74, 6) is -2.51. The summed E-state index contributed by atoms with van der Waals surface area (Å²) in [5, 5.41) is 9.69. The molecule has 0 unspecified atom stereocenters. The van der Waals surface area contributed by atoms with Crippen molar-refractivity contribution in [1.29, 1.82) is 0 Å². The number of amides is 1. The van der Waals surface area contributed by atoms with Crippen LogP contribution in [0.2, 0.25) is 0 Å². The third kappa shape index (κ3) is 6.12. The van der Waals surface area contributed by atoms with Crippen LogP contribution in [-0.4, -0.2) is 46.8 Å². The van der Waals surface area contributed by atoms with Crippen molar-refractivity contribution in [3.63, 3.8) is 0 Å². The molecule has 3 rings (SSSR count). The van der Waals surface area contributed by atoms with Crippen molar-refractivity contribution in [3.05, 3.63) is 65.5 Å². The summed E-state index contributed by atoms with van der Waals surface area (Å²) in [4.78, 5) is 28.7. The second-order valence-corrected chi connectivity index (χ2v) is 7.56. The molecule has 2 aromatic heterocycles. The van der Waals surface area contributed by atoms with Crippen LogP contribution in [0, 0.1) is 17.6 Å². The van der Waals surface area contributed by atoms with Gasteiger partial charge in [0.15, 0.2) is 5.82 Å². The number of pyridine rings is 1. The third-order valence-corrected chi connectivity index (χ3v) is 4.97. The number of carbonyl (C=O) groups excluding carboxylic acids is 2. The van der Waals surface area contributed by atoms with E-state index in [4.69, 9.17) is 0 Å². The van der Waals surface area contributed by atoms with E-state index >= 15 is 0 Å². The fourth-order valence-corrected chi connectivity index (χ4v) is 3.19. The lowest BCUT2D eigenvalue weighted by Gasteiger charge is -2.15. The van der Waals surface area contributed by atoms with Crippen LogP contribution in [0.5, 0.6) is 0 Å². The number of hydrogen-bond acceptors (Lipinski definition) is 6. The van der Waals surface area contributed by atoms with Crippen molar-refractivity contribution < 1.29 is 23.1 Å². The van der Waals surface area contributed by atoms with Gasteiger partial charge in [-0.25, -0.2) is 13.8 Å². The number of benzene rings is 1. The van der Waals surface area contributed by atoms with E-state index in [-0.39, 0.29) is 29.4 Å². The van der Waals surface area contributed by atoms with Gasteiger partial charge in [0.2, 0.25) is 0 Å². The lowest BCUT2D eigenvalue weighted by Crippen LogP contribution is -2.32. The maximum absolute atomic E-state index is 14.9. The molecule has 1 atom stereocenters. The minimum Gasteiger partial charge on any atom is -0.469 e. The van der Waals surface area contributed by atoms with Gasteiger partial charge >= 0.3 is 5.97 Å². The number of ether oxygens (including phenoxy) is 1. The Bertz CT molecular complexity index is 1150. The van der Waals surface area contributed by atoms with Crippen molar-refractivity contribution >= 4 is 17.7 Å². The lowest BCUT2D eigenvalue weighted by molar-refractivity contribution is -0.144. The molecule has 0 bridgehead atoms. The molecule has 0 radical (unpaired) electrons. The molecule has 3 aromatic rings. The monoisotopic (exact) mass is 457 g/mol. The Morgan fingerprint density at radius 2 is 2.03 bits per heavy atom. The molecule has 1 aromatic carbocycles. The van der Waals surface area contributed by atoms with Gasteiger partial charge in [0, 0.05) is 31.9 Å². The molecule has 8 nitrogen and oxygen atoms in total. The van der Waals surface area contributed by atoms with Gasteiger partial charge in [0.05, 0.1) is 24.8 Å². The Morgan fingerprint density at radius 1 is 1.24 bits per heavy atom. The molecule has 0 saturated heterocycles. The molecule has 174 valence electrons. The van der Waals surface area contributed by atoms with Crippen molar-refractivity contribution in [3.8, 4) is 11.3 Å². The average Bonchev–Trinajstić information content (AvgIpc) is 3.23. The minimum absolute atomic E-state index is 0.0141. The Balaban J connectivity index is 1.84. The van der Waals surface area contributed by atoms with E-state index < -0.39 is 23.6 Å². The lowest BCUT2D eigenvalue weighted by atomic mass is 10.1. The van der Waals surface area contributed by atoms with Gasteiger partial charge in [0.1, 0.15) is 17.3 Å². The van der Waals surface area contributed by atoms with Crippen molar-refractivity contribution in [2.75, 3.05) is 25.5 Å². The van der Waals surface area contributed by atoms with Crippen LogP contribution < -0.4 is 10.6 Å². The first kappa shape index (κ1) is 23.8. The van der Waals surface area contributed by atoms with Gasteiger partial charge in [-0.2, -0.15) is 5.10 Å². The fourth-order valence-electron chi connectivity index (χ4n) is 3.19. The number of esters is 1. The second kappa shape index (κ2) is 10.7. The predicted octanol–water partition coefficient (Wildman–Crippen LogP) is 2.95. The van der Waals surface area contributed by atoms with E-state index in [1.807, 2.05) is 0 Å². The van der Waals surface area contributed by atoms with E-state index in [0.717, 1.165) is 11.6 Å². The molecule has 0 fully saturated rings. The molecule has 0 aliphatic rings. The van der Waals surface area contributed by atoms with E-state index in [1.54, 1.807) is 32.3 Å². The number of hydrogen-bond donors (Lipinski definition) is 2. The van der Waals surface area contributed by atoms with Gasteiger partial charge < -0.3 is 15.4 Å². The number of rotatable bonds is 9. The summed E-state index contributed by atoms with van der Waals surface area (Å²) in [6.07, 6.45) is 3.54. The topological polar surface area (TPSA) is 98.1 Å². The van der Waals surface area contributed by atoms with Crippen molar-refractivity contribution in [2.24, 2.45) is 13.0 Å². The largest absolute Gasteiger partial charge is 0.469 e. The van der Waals surface area contributed by atoms with Crippen LogP contribution in [0.25, 0.3) is 11.3 Å². The summed E-state index contributed by atoms with van der Waals surface area (Å²) in [6.45, 7) is 1.95. The number of aryl methyl sites for hydroxylation is 1. The molecule has 10 heteroatoms. The number of aromatic nitrogens is 3. The SMILES string of the molecule is COC(=O)[C@H](C)CNC(=O)c1cc(F)c(-c2cnn(C)c2)nc1NCCc1cccc(F)c1. The highest BCUT2D eigenvalue weighted by Gasteiger charge is 2.21. The number of nitrogens with one attached hydrogen (secondary N) is 2. The van der Waals surface area contributed by atoms with E-state index in [2.05, 4.69) is 25.5 Å². The van der Waals surface area contributed by atoms with E-state index in [1.165, 1.54) is 30.1 Å². The number of halogens is 2. The number of nitrogens with zero attached hydrogens (tertiary/aromatic N) is 3. The average molecular weight is 457 g/mol. The summed E-state index contributed by atoms with van der Waals surface area (Å²) in [5.41, 5.74) is 1.23. The quantitative estimate of drug-likeness (QED) is 0.480. The molecule has 0 spiro atoms. The highest BCUT2D eigenvalue weighted by atomic mass is 19.1. The van der Waals surface area contributed by atoms with Crippen molar-refractivity contribution in [2.45, 2.75) is 13.3 Å². The smallest absolute Gasteiger partial charge is 0.310 e. The Morgan fingerprint density at radius 3 is 2.70 bits per heavy atom. The maximum Gasteiger partial charge on any atom is 0.310 e. The summed E-state index contributed by atoms with van der Waals surface area (Å²) >= 11 is 0. The molecule has 1 amide bonds. The first-order valence-corrected chi connectivity index (χ1v) is 10.3. The van der Waals surface area contributed by atoms with Gasteiger partial charge in [-0.15, -0.1) is 0 Å². The number of carbonyl (C=O) groups is 2. The summed E-state index contributed by atoms with van der Waals surface area (Å²) in [6, 6.07) is 7.27. The van der Waals surface area contributed by atoms with Gasteiger partial charge in [-0.05, 0) is 30.2 Å². The molecule has 33 heavy (non-hydrogen) atoms. The molecule has 2 N–H and O–H groups in total. The zero-order valence-corrected chi connectivity index (χ0v) is 18.6. The van der Waals surface area contributed by atoms with Gasteiger partial charge in [-0.1, -0.05) is 19.1 Å². The van der Waals surface area contributed by atoms with Crippen LogP contribution in [0.15, 0.2) is 42.7 Å². The van der Waals surface area contributed by atoms with Gasteiger partial charge in [0.25, 0.3) is 5.91 Å². The zero-order valence-electron chi connectivity index (χ0n) is 18.6. The molecular formula is C23H25F2N5O3. The summed E-state index contributed by atoms with van der Waals surface area (Å²) in [7, 11) is 2.96. The van der Waals surface area contributed by atoms with Crippen LogP contribution in [-0.2, 0) is 23.0 Å². The molecular weight excluding hydrogens is 432 g/mol. The Kier molecular flexibility index (Phi) is 7.70.